The van der Waals surface area contributed by atoms with Crippen LogP contribution in [0, 0.1) is 12.3 Å². The van der Waals surface area contributed by atoms with Crippen LogP contribution in [0.4, 0.5) is 0 Å². The molecule has 1 aromatic heterocycles. The summed E-state index contributed by atoms with van der Waals surface area (Å²) in [7, 11) is 0. The Morgan fingerprint density at radius 2 is 2.36 bits per heavy atom. The van der Waals surface area contributed by atoms with Gasteiger partial charge in [-0.3, -0.25) is 10.4 Å². The maximum absolute atomic E-state index is 7.02. The molecule has 0 fully saturated rings. The summed E-state index contributed by atoms with van der Waals surface area (Å²) in [5, 5.41) is 7.02. The van der Waals surface area contributed by atoms with Crippen molar-refractivity contribution in [2.45, 2.75) is 13.3 Å². The lowest BCUT2D eigenvalue weighted by molar-refractivity contribution is 1.10. The van der Waals surface area contributed by atoms with E-state index < -0.39 is 0 Å². The van der Waals surface area contributed by atoms with Gasteiger partial charge in [0.1, 0.15) is 0 Å². The van der Waals surface area contributed by atoms with Crippen LogP contribution >= 0.6 is 0 Å². The molecule has 0 aliphatic heterocycles. The minimum atomic E-state index is 0.154. The molecule has 0 aliphatic rings. The van der Waals surface area contributed by atoms with E-state index in [1.54, 1.807) is 6.20 Å². The Kier molecular flexibility index (Phi) is 2.21. The number of nitrogens with one attached hydrogen (secondary N) is 1. The number of pyridine rings is 1. The Morgan fingerprint density at radius 1 is 1.64 bits per heavy atom. The molecule has 3 nitrogen and oxygen atoms in total. The van der Waals surface area contributed by atoms with Gasteiger partial charge in [0.05, 0.1) is 5.84 Å². The van der Waals surface area contributed by atoms with Crippen LogP contribution in [0.2, 0.25) is 0 Å². The minimum Gasteiger partial charge on any atom is -0.387 e. The molecule has 0 bridgehead atoms. The SMILES string of the molecule is Cc1ccc(CC(=N)N)nc1. The average molecular weight is 149 g/mol. The van der Waals surface area contributed by atoms with Crippen molar-refractivity contribution >= 4 is 5.84 Å². The van der Waals surface area contributed by atoms with Crippen molar-refractivity contribution in [2.24, 2.45) is 5.73 Å². The zero-order chi connectivity index (χ0) is 8.27. The highest BCUT2D eigenvalue weighted by Gasteiger charge is 1.94. The van der Waals surface area contributed by atoms with Crippen LogP contribution in [0.25, 0.3) is 0 Å². The first-order valence-corrected chi connectivity index (χ1v) is 3.43. The summed E-state index contributed by atoms with van der Waals surface area (Å²) >= 11 is 0. The predicted molar refractivity (Wildman–Crippen MR) is 44.6 cm³/mol. The van der Waals surface area contributed by atoms with E-state index in [-0.39, 0.29) is 5.84 Å². The number of nitrogens with zero attached hydrogens (tertiary/aromatic N) is 1. The first kappa shape index (κ1) is 7.72. The van der Waals surface area contributed by atoms with E-state index in [9.17, 15) is 0 Å². The quantitative estimate of drug-likeness (QED) is 0.484. The highest BCUT2D eigenvalue weighted by Crippen LogP contribution is 1.98. The van der Waals surface area contributed by atoms with Gasteiger partial charge in [0.15, 0.2) is 0 Å². The summed E-state index contributed by atoms with van der Waals surface area (Å²) in [5.74, 6) is 0.154. The monoisotopic (exact) mass is 149 g/mol. The largest absolute Gasteiger partial charge is 0.387 e. The number of aryl methyl sites for hydroxylation is 1. The van der Waals surface area contributed by atoms with Crippen LogP contribution in [0.1, 0.15) is 11.3 Å². The second-order valence-electron chi connectivity index (χ2n) is 2.53. The summed E-state index contributed by atoms with van der Waals surface area (Å²) in [6.45, 7) is 1.98. The fourth-order valence-electron chi connectivity index (χ4n) is 0.798. The maximum atomic E-state index is 7.02. The van der Waals surface area contributed by atoms with Crippen molar-refractivity contribution in [3.63, 3.8) is 0 Å². The Hall–Kier alpha value is -1.38. The van der Waals surface area contributed by atoms with Crippen molar-refractivity contribution in [1.82, 2.24) is 4.98 Å². The van der Waals surface area contributed by atoms with Gasteiger partial charge < -0.3 is 5.73 Å². The average Bonchev–Trinajstić information content (AvgIpc) is 1.93. The molecule has 0 atom stereocenters. The van der Waals surface area contributed by atoms with E-state index in [2.05, 4.69) is 4.98 Å². The molecule has 0 saturated heterocycles. The highest BCUT2D eigenvalue weighted by atomic mass is 14.7. The number of rotatable bonds is 2. The van der Waals surface area contributed by atoms with Crippen molar-refractivity contribution in [3.8, 4) is 0 Å². The lowest BCUT2D eigenvalue weighted by Gasteiger charge is -1.97. The van der Waals surface area contributed by atoms with E-state index in [0.29, 0.717) is 6.42 Å². The van der Waals surface area contributed by atoms with E-state index in [1.807, 2.05) is 19.1 Å². The molecule has 0 unspecified atom stereocenters. The summed E-state index contributed by atoms with van der Waals surface area (Å²) in [5.41, 5.74) is 7.18. The molecule has 58 valence electrons. The molecule has 0 spiro atoms. The zero-order valence-corrected chi connectivity index (χ0v) is 6.46. The number of amidine groups is 1. The van der Waals surface area contributed by atoms with Gasteiger partial charge in [-0.05, 0) is 18.6 Å². The molecule has 0 radical (unpaired) electrons. The molecule has 0 aromatic carbocycles. The van der Waals surface area contributed by atoms with Crippen molar-refractivity contribution in [2.75, 3.05) is 0 Å². The van der Waals surface area contributed by atoms with Crippen LogP contribution in [0.5, 0.6) is 0 Å². The minimum absolute atomic E-state index is 0.154. The predicted octanol–water partition coefficient (Wildman–Crippen LogP) is 0.868. The molecule has 0 amide bonds. The second-order valence-corrected chi connectivity index (χ2v) is 2.53. The lowest BCUT2D eigenvalue weighted by Crippen LogP contribution is -2.13. The van der Waals surface area contributed by atoms with Crippen LogP contribution < -0.4 is 5.73 Å². The smallest absolute Gasteiger partial charge is 0.0966 e. The number of aromatic nitrogens is 1. The third-order valence-electron chi connectivity index (χ3n) is 1.34. The van der Waals surface area contributed by atoms with E-state index in [4.69, 9.17) is 11.1 Å². The number of hydrogen-bond acceptors (Lipinski definition) is 2. The molecule has 0 saturated carbocycles. The Balaban J connectivity index is 2.74. The second kappa shape index (κ2) is 3.14. The van der Waals surface area contributed by atoms with Gasteiger partial charge in [-0.2, -0.15) is 0 Å². The first-order valence-electron chi connectivity index (χ1n) is 3.43. The maximum Gasteiger partial charge on any atom is 0.0966 e. The van der Waals surface area contributed by atoms with Crippen molar-refractivity contribution in [3.05, 3.63) is 29.6 Å². The molecule has 1 heterocycles. The third kappa shape index (κ3) is 2.37. The fourth-order valence-corrected chi connectivity index (χ4v) is 0.798. The van der Waals surface area contributed by atoms with Gasteiger partial charge in [-0.25, -0.2) is 0 Å². The van der Waals surface area contributed by atoms with Gasteiger partial charge in [0, 0.05) is 18.3 Å². The van der Waals surface area contributed by atoms with E-state index in [0.717, 1.165) is 11.3 Å². The van der Waals surface area contributed by atoms with E-state index in [1.165, 1.54) is 0 Å². The van der Waals surface area contributed by atoms with Gasteiger partial charge in [-0.15, -0.1) is 0 Å². The third-order valence-corrected chi connectivity index (χ3v) is 1.34. The molecule has 0 aliphatic carbocycles. The highest BCUT2D eigenvalue weighted by molar-refractivity contribution is 5.78. The van der Waals surface area contributed by atoms with Crippen LogP contribution in [0.15, 0.2) is 18.3 Å². The Morgan fingerprint density at radius 3 is 2.82 bits per heavy atom. The Bertz CT molecular complexity index is 251. The summed E-state index contributed by atoms with van der Waals surface area (Å²) in [6.07, 6.45) is 2.22. The molecular weight excluding hydrogens is 138 g/mol. The molecule has 1 rings (SSSR count). The molecule has 3 N–H and O–H groups in total. The van der Waals surface area contributed by atoms with Gasteiger partial charge in [0.25, 0.3) is 0 Å². The number of nitrogens with two attached hydrogens (primary N) is 1. The van der Waals surface area contributed by atoms with E-state index >= 15 is 0 Å². The molecule has 11 heavy (non-hydrogen) atoms. The van der Waals surface area contributed by atoms with Gasteiger partial charge >= 0.3 is 0 Å². The zero-order valence-electron chi connectivity index (χ0n) is 6.46. The summed E-state index contributed by atoms with van der Waals surface area (Å²) < 4.78 is 0. The fraction of sp³-hybridized carbons (Fsp3) is 0.250. The topological polar surface area (TPSA) is 62.8 Å². The van der Waals surface area contributed by atoms with Crippen molar-refractivity contribution in [1.29, 1.82) is 5.41 Å². The molecule has 3 heteroatoms. The normalized spacial score (nSPS) is 9.55. The molecule has 1 aromatic rings. The Labute approximate surface area is 65.8 Å². The van der Waals surface area contributed by atoms with Crippen molar-refractivity contribution < 1.29 is 0 Å². The standard InChI is InChI=1S/C8H11N3/c1-6-2-3-7(11-5-6)4-8(9)10/h2-3,5H,4H2,1H3,(H3,9,10). The van der Waals surface area contributed by atoms with Crippen LogP contribution in [-0.4, -0.2) is 10.8 Å². The van der Waals surface area contributed by atoms with Gasteiger partial charge in [0.2, 0.25) is 0 Å². The number of hydrogen-bond donors (Lipinski definition) is 2. The van der Waals surface area contributed by atoms with Crippen LogP contribution in [0.3, 0.4) is 0 Å². The molecular formula is C8H11N3. The van der Waals surface area contributed by atoms with Gasteiger partial charge in [-0.1, -0.05) is 6.07 Å². The van der Waals surface area contributed by atoms with Crippen LogP contribution in [-0.2, 0) is 6.42 Å². The first-order chi connectivity index (χ1) is 5.18. The summed E-state index contributed by atoms with van der Waals surface area (Å²) in [4.78, 5) is 4.10. The lowest BCUT2D eigenvalue weighted by atomic mass is 10.2. The summed E-state index contributed by atoms with van der Waals surface area (Å²) in [6, 6.07) is 3.85.